The van der Waals surface area contributed by atoms with Crippen LogP contribution in [0.3, 0.4) is 0 Å². The van der Waals surface area contributed by atoms with Crippen LogP contribution in [0.25, 0.3) is 0 Å². The Morgan fingerprint density at radius 1 is 0.800 bits per heavy atom. The molecule has 0 aromatic rings. The predicted octanol–water partition coefficient (Wildman–Crippen LogP) is -4.23. The molecule has 11 N–H and O–H groups in total. The molecule has 0 unspecified atom stereocenters. The van der Waals surface area contributed by atoms with Gasteiger partial charge in [-0.3, -0.25) is 0 Å². The molecule has 8 nitrogen and oxygen atoms in total. The topological polar surface area (TPSA) is 204 Å². The molecule has 0 saturated heterocycles. The van der Waals surface area contributed by atoms with Crippen LogP contribution in [0.4, 0.5) is 0 Å². The van der Waals surface area contributed by atoms with E-state index in [0.717, 1.165) is 0 Å². The molecule has 10 heavy (non-hydrogen) atoms. The number of hydrogen-bond acceptors (Lipinski definition) is 1. The number of hydrogen-bond donors (Lipinski definition) is 3. The molecule has 10 heteroatoms. The number of rotatable bonds is 0. The molecule has 0 bridgehead atoms. The molecule has 0 amide bonds. The van der Waals surface area contributed by atoms with Crippen molar-refractivity contribution >= 4 is 7.82 Å². The maximum Gasteiger partial charge on any atom is 0.466 e. The first-order valence-electron chi connectivity index (χ1n) is 0.783. The van der Waals surface area contributed by atoms with Crippen molar-refractivity contribution in [2.75, 3.05) is 0 Å². The Morgan fingerprint density at radius 3 is 0.800 bits per heavy atom. The standard InChI is InChI=1S/H3O4P.4H2O.Os/c1-5(2,3)4;;;;;/h(H3,1,2,3,4);4*1H2;. The van der Waals surface area contributed by atoms with Gasteiger partial charge in [-0.1, -0.05) is 0 Å². The van der Waals surface area contributed by atoms with Crippen LogP contribution >= 0.6 is 7.82 Å². The molecule has 0 aliphatic heterocycles. The summed E-state index contributed by atoms with van der Waals surface area (Å²) in [6.07, 6.45) is 0. The van der Waals surface area contributed by atoms with Gasteiger partial charge in [0.2, 0.25) is 0 Å². The quantitative estimate of drug-likeness (QED) is 0.367. The van der Waals surface area contributed by atoms with Crippen LogP contribution in [0.2, 0.25) is 0 Å². The minimum Gasteiger partial charge on any atom is -0.412 e. The minimum atomic E-state index is -4.64. The summed E-state index contributed by atoms with van der Waals surface area (Å²) in [6.45, 7) is 0. The van der Waals surface area contributed by atoms with Gasteiger partial charge in [-0.05, 0) is 0 Å². The van der Waals surface area contributed by atoms with Crippen molar-refractivity contribution in [1.29, 1.82) is 0 Å². The van der Waals surface area contributed by atoms with Crippen LogP contribution < -0.4 is 0 Å². The molecule has 0 rings (SSSR count). The van der Waals surface area contributed by atoms with Gasteiger partial charge in [0, 0.05) is 19.8 Å². The van der Waals surface area contributed by atoms with Gasteiger partial charge in [-0.25, -0.2) is 4.57 Å². The summed E-state index contributed by atoms with van der Waals surface area (Å²) in [5.74, 6) is 0. The molecular formula is H11O8OsP. The monoisotopic (exact) mass is 362 g/mol. The Hall–Kier alpha value is 0.586. The van der Waals surface area contributed by atoms with Crippen LogP contribution in [-0.2, 0) is 24.4 Å². The van der Waals surface area contributed by atoms with E-state index in [2.05, 4.69) is 0 Å². The second-order valence-corrected chi connectivity index (χ2v) is 1.54. The third kappa shape index (κ3) is 1440. The van der Waals surface area contributed by atoms with E-state index in [-0.39, 0.29) is 41.7 Å². The van der Waals surface area contributed by atoms with E-state index in [1.165, 1.54) is 0 Å². The van der Waals surface area contributed by atoms with E-state index in [0.29, 0.717) is 0 Å². The summed E-state index contributed by atoms with van der Waals surface area (Å²) in [5.41, 5.74) is 0. The van der Waals surface area contributed by atoms with Crippen molar-refractivity contribution in [2.24, 2.45) is 0 Å². The zero-order valence-electron chi connectivity index (χ0n) is 4.55. The Kier molecular flexibility index (Phi) is 75.4. The Balaban J connectivity index is -0.00000000800. The zero-order valence-corrected chi connectivity index (χ0v) is 7.99. The molecule has 0 aromatic heterocycles. The Bertz CT molecular complexity index is 55.4. The molecule has 0 saturated carbocycles. The average molecular weight is 360 g/mol. The van der Waals surface area contributed by atoms with Gasteiger partial charge in [0.15, 0.2) is 0 Å². The van der Waals surface area contributed by atoms with Gasteiger partial charge in [-0.15, -0.1) is 0 Å². The smallest absolute Gasteiger partial charge is 0.412 e. The fraction of sp³-hybridized carbons (Fsp3) is 0. The molecule has 0 heterocycles. The SMILES string of the molecule is O.O.O.O.O=P(O)(O)O.[Os]. The largest absolute Gasteiger partial charge is 0.466 e. The molecule has 72 valence electrons. The minimum absolute atomic E-state index is 0. The Labute approximate surface area is 69.4 Å². The van der Waals surface area contributed by atoms with Gasteiger partial charge < -0.3 is 36.6 Å². The van der Waals surface area contributed by atoms with Gasteiger partial charge in [0.05, 0.1) is 0 Å². The third-order valence-corrected chi connectivity index (χ3v) is 0. The molecule has 0 fully saturated rings. The average Bonchev–Trinajstić information content (AvgIpc) is 0.722. The first-order valence-corrected chi connectivity index (χ1v) is 2.35. The molecule has 0 aliphatic carbocycles. The summed E-state index contributed by atoms with van der Waals surface area (Å²) in [5, 5.41) is 0. The van der Waals surface area contributed by atoms with E-state index in [1.54, 1.807) is 0 Å². The first-order chi connectivity index (χ1) is 2.00. The second kappa shape index (κ2) is 16.3. The molecule has 0 aliphatic rings. The summed E-state index contributed by atoms with van der Waals surface area (Å²) < 4.78 is 8.88. The van der Waals surface area contributed by atoms with Gasteiger partial charge in [-0.2, -0.15) is 0 Å². The van der Waals surface area contributed by atoms with Crippen molar-refractivity contribution in [2.45, 2.75) is 0 Å². The predicted molar refractivity (Wildman–Crippen MR) is 28.7 cm³/mol. The van der Waals surface area contributed by atoms with E-state index >= 15 is 0 Å². The maximum absolute atomic E-state index is 8.88. The van der Waals surface area contributed by atoms with Crippen molar-refractivity contribution < 1.29 is 60.9 Å². The van der Waals surface area contributed by atoms with Gasteiger partial charge in [0.1, 0.15) is 0 Å². The van der Waals surface area contributed by atoms with E-state index in [9.17, 15) is 0 Å². The molecule has 0 aromatic carbocycles. The second-order valence-electron chi connectivity index (χ2n) is 0.513. The van der Waals surface area contributed by atoms with Crippen LogP contribution in [0, 0.1) is 0 Å². The van der Waals surface area contributed by atoms with E-state index in [4.69, 9.17) is 19.2 Å². The van der Waals surface area contributed by atoms with Crippen molar-refractivity contribution in [3.63, 3.8) is 0 Å². The molecular weight excluding hydrogens is 349 g/mol. The van der Waals surface area contributed by atoms with E-state index in [1.807, 2.05) is 0 Å². The van der Waals surface area contributed by atoms with E-state index < -0.39 is 7.82 Å². The van der Waals surface area contributed by atoms with Crippen molar-refractivity contribution in [1.82, 2.24) is 0 Å². The van der Waals surface area contributed by atoms with Crippen molar-refractivity contribution in [3.8, 4) is 0 Å². The summed E-state index contributed by atoms with van der Waals surface area (Å²) in [4.78, 5) is 21.6. The first kappa shape index (κ1) is 46.3. The molecule has 0 spiro atoms. The summed E-state index contributed by atoms with van der Waals surface area (Å²) in [6, 6.07) is 0. The van der Waals surface area contributed by atoms with Crippen LogP contribution in [0.5, 0.6) is 0 Å². The fourth-order valence-electron chi connectivity index (χ4n) is 0. The van der Waals surface area contributed by atoms with Crippen LogP contribution in [0.1, 0.15) is 0 Å². The van der Waals surface area contributed by atoms with Crippen LogP contribution in [0.15, 0.2) is 0 Å². The van der Waals surface area contributed by atoms with Gasteiger partial charge in [0.25, 0.3) is 0 Å². The normalized spacial score (nSPS) is 5.90. The maximum atomic E-state index is 8.88. The third-order valence-electron chi connectivity index (χ3n) is 0. The summed E-state index contributed by atoms with van der Waals surface area (Å²) >= 11 is 0. The number of phosphoric acid groups is 1. The molecule has 0 radical (unpaired) electrons. The van der Waals surface area contributed by atoms with Crippen molar-refractivity contribution in [3.05, 3.63) is 0 Å². The van der Waals surface area contributed by atoms with Crippen LogP contribution in [-0.4, -0.2) is 36.6 Å². The zero-order chi connectivity index (χ0) is 4.50. The molecule has 0 atom stereocenters. The Morgan fingerprint density at radius 2 is 0.800 bits per heavy atom. The fourth-order valence-corrected chi connectivity index (χ4v) is 0. The summed E-state index contributed by atoms with van der Waals surface area (Å²) in [7, 11) is -4.64. The van der Waals surface area contributed by atoms with Gasteiger partial charge >= 0.3 is 7.82 Å².